The number of rotatable bonds is 4. The van der Waals surface area contributed by atoms with Gasteiger partial charge in [0.25, 0.3) is 0 Å². The van der Waals surface area contributed by atoms with Gasteiger partial charge in [-0.15, -0.1) is 0 Å². The summed E-state index contributed by atoms with van der Waals surface area (Å²) in [6.07, 6.45) is 0. The van der Waals surface area contributed by atoms with Crippen molar-refractivity contribution in [2.24, 2.45) is 7.05 Å². The molecule has 3 rings (SSSR count). The Morgan fingerprint density at radius 2 is 1.65 bits per heavy atom. The van der Waals surface area contributed by atoms with E-state index in [4.69, 9.17) is 10.3 Å². The first-order valence-electron chi connectivity index (χ1n) is 6.97. The molecule has 6 nitrogen and oxygen atoms in total. The van der Waals surface area contributed by atoms with Crippen molar-refractivity contribution in [2.75, 3.05) is 5.48 Å². The lowest BCUT2D eigenvalue weighted by molar-refractivity contribution is 0.0697. The summed E-state index contributed by atoms with van der Waals surface area (Å²) in [5, 5.41) is 22.3. The molecule has 3 aromatic rings. The van der Waals surface area contributed by atoms with Crippen molar-refractivity contribution in [3.05, 3.63) is 60.2 Å². The summed E-state index contributed by atoms with van der Waals surface area (Å²) >= 11 is 0. The van der Waals surface area contributed by atoms with Gasteiger partial charge in [-0.1, -0.05) is 24.3 Å². The molecule has 116 valence electrons. The zero-order valence-electron chi connectivity index (χ0n) is 12.4. The highest BCUT2D eigenvalue weighted by atomic mass is 16.5. The second-order valence-corrected chi connectivity index (χ2v) is 5.11. The maximum Gasteiger partial charge on any atom is 0.335 e. The lowest BCUT2D eigenvalue weighted by atomic mass is 10.1. The number of carboxylic acids is 1. The van der Waals surface area contributed by atoms with Crippen LogP contribution in [-0.2, 0) is 7.05 Å². The van der Waals surface area contributed by atoms with Crippen molar-refractivity contribution in [3.8, 4) is 22.5 Å². The van der Waals surface area contributed by atoms with E-state index < -0.39 is 5.97 Å². The molecule has 0 aliphatic rings. The van der Waals surface area contributed by atoms with Crippen molar-refractivity contribution in [1.29, 1.82) is 0 Å². The fraction of sp³-hybridized carbons (Fsp3) is 0.0588. The molecule has 0 fully saturated rings. The van der Waals surface area contributed by atoms with E-state index in [1.54, 1.807) is 41.1 Å². The molecule has 6 heteroatoms. The van der Waals surface area contributed by atoms with Crippen LogP contribution in [0.25, 0.3) is 22.5 Å². The normalized spacial score (nSPS) is 10.5. The molecule has 0 saturated heterocycles. The number of hydrogen-bond acceptors (Lipinski definition) is 4. The maximum atomic E-state index is 10.9. The summed E-state index contributed by atoms with van der Waals surface area (Å²) in [7, 11) is 1.85. The first-order chi connectivity index (χ1) is 11.1. The van der Waals surface area contributed by atoms with Crippen LogP contribution in [0.15, 0.2) is 54.6 Å². The lowest BCUT2D eigenvalue weighted by Crippen LogP contribution is -1.95. The van der Waals surface area contributed by atoms with Gasteiger partial charge in [-0.2, -0.15) is 5.10 Å². The van der Waals surface area contributed by atoms with E-state index in [-0.39, 0.29) is 5.56 Å². The smallest absolute Gasteiger partial charge is 0.335 e. The topological polar surface area (TPSA) is 87.4 Å². The first kappa shape index (κ1) is 14.8. The molecule has 0 amide bonds. The SMILES string of the molecule is Cn1nc(-c2ccc(C(=O)O)cc2)cc1-c1ccc(NO)cc1. The number of aryl methyl sites for hydroxylation is 1. The first-order valence-corrected chi connectivity index (χ1v) is 6.97. The number of benzene rings is 2. The van der Waals surface area contributed by atoms with E-state index in [9.17, 15) is 4.79 Å². The van der Waals surface area contributed by atoms with Crippen molar-refractivity contribution in [1.82, 2.24) is 9.78 Å². The van der Waals surface area contributed by atoms with E-state index in [2.05, 4.69) is 10.6 Å². The number of nitrogens with one attached hydrogen (secondary N) is 1. The second kappa shape index (κ2) is 5.94. The summed E-state index contributed by atoms with van der Waals surface area (Å²) in [6, 6.07) is 15.9. The summed E-state index contributed by atoms with van der Waals surface area (Å²) in [4.78, 5) is 10.9. The van der Waals surface area contributed by atoms with Crippen LogP contribution in [0.2, 0.25) is 0 Å². The van der Waals surface area contributed by atoms with E-state index >= 15 is 0 Å². The monoisotopic (exact) mass is 309 g/mol. The number of carboxylic acid groups (broad SMARTS) is 1. The fourth-order valence-corrected chi connectivity index (χ4v) is 2.38. The predicted octanol–water partition coefficient (Wildman–Crippen LogP) is 3.25. The maximum absolute atomic E-state index is 10.9. The van der Waals surface area contributed by atoms with E-state index in [1.807, 2.05) is 25.2 Å². The van der Waals surface area contributed by atoms with Crippen LogP contribution in [0.3, 0.4) is 0 Å². The molecule has 0 unspecified atom stereocenters. The Labute approximate surface area is 132 Å². The number of aromatic carboxylic acids is 1. The lowest BCUT2D eigenvalue weighted by Gasteiger charge is -2.03. The molecule has 3 N–H and O–H groups in total. The molecule has 1 aromatic heterocycles. The number of aromatic nitrogens is 2. The molecule has 0 atom stereocenters. The third-order valence-electron chi connectivity index (χ3n) is 3.62. The van der Waals surface area contributed by atoms with Gasteiger partial charge in [0.05, 0.1) is 22.6 Å². The molecular formula is C17H15N3O3. The molecule has 0 radical (unpaired) electrons. The van der Waals surface area contributed by atoms with Crippen molar-refractivity contribution in [3.63, 3.8) is 0 Å². The average Bonchev–Trinajstić information content (AvgIpc) is 2.97. The highest BCUT2D eigenvalue weighted by molar-refractivity contribution is 5.88. The summed E-state index contributed by atoms with van der Waals surface area (Å²) < 4.78 is 1.77. The standard InChI is InChI=1S/C17H15N3O3/c1-20-16(12-6-8-14(19-23)9-7-12)10-15(18-20)11-2-4-13(5-3-11)17(21)22/h2-10,19,23H,1H3,(H,21,22). The third-order valence-corrected chi connectivity index (χ3v) is 3.62. The summed E-state index contributed by atoms with van der Waals surface area (Å²) in [5.74, 6) is -0.948. The number of anilines is 1. The Kier molecular flexibility index (Phi) is 3.82. The fourth-order valence-electron chi connectivity index (χ4n) is 2.38. The summed E-state index contributed by atoms with van der Waals surface area (Å²) in [5.41, 5.74) is 6.46. The van der Waals surface area contributed by atoms with Gasteiger partial charge in [0.15, 0.2) is 0 Å². The molecule has 1 heterocycles. The van der Waals surface area contributed by atoms with Crippen molar-refractivity contribution < 1.29 is 15.1 Å². The minimum absolute atomic E-state index is 0.247. The van der Waals surface area contributed by atoms with Crippen LogP contribution >= 0.6 is 0 Å². The molecule has 0 spiro atoms. The van der Waals surface area contributed by atoms with Gasteiger partial charge < -0.3 is 5.11 Å². The summed E-state index contributed by atoms with van der Waals surface area (Å²) in [6.45, 7) is 0. The molecular weight excluding hydrogens is 294 g/mol. The van der Waals surface area contributed by atoms with Crippen LogP contribution < -0.4 is 5.48 Å². The Hall–Kier alpha value is -3.12. The molecule has 0 aliphatic heterocycles. The van der Waals surface area contributed by atoms with Crippen LogP contribution in [0.4, 0.5) is 5.69 Å². The van der Waals surface area contributed by atoms with Crippen LogP contribution in [0.1, 0.15) is 10.4 Å². The van der Waals surface area contributed by atoms with Crippen LogP contribution in [0, 0.1) is 0 Å². The number of carbonyl (C=O) groups is 1. The highest BCUT2D eigenvalue weighted by Crippen LogP contribution is 2.26. The van der Waals surface area contributed by atoms with E-state index in [0.29, 0.717) is 5.69 Å². The quantitative estimate of drug-likeness (QED) is 0.644. The van der Waals surface area contributed by atoms with Gasteiger partial charge >= 0.3 is 5.97 Å². The Bertz CT molecular complexity index is 837. The average molecular weight is 309 g/mol. The third kappa shape index (κ3) is 2.93. The van der Waals surface area contributed by atoms with Crippen molar-refractivity contribution in [2.45, 2.75) is 0 Å². The zero-order chi connectivity index (χ0) is 16.4. The predicted molar refractivity (Wildman–Crippen MR) is 86.4 cm³/mol. The minimum Gasteiger partial charge on any atom is -0.478 e. The van der Waals surface area contributed by atoms with Crippen LogP contribution in [-0.4, -0.2) is 26.1 Å². The number of hydrogen-bond donors (Lipinski definition) is 3. The van der Waals surface area contributed by atoms with Gasteiger partial charge in [0.2, 0.25) is 0 Å². The minimum atomic E-state index is -0.948. The van der Waals surface area contributed by atoms with E-state index in [0.717, 1.165) is 22.5 Å². The molecule has 0 saturated carbocycles. The largest absolute Gasteiger partial charge is 0.478 e. The van der Waals surface area contributed by atoms with Gasteiger partial charge in [0, 0.05) is 12.6 Å². The highest BCUT2D eigenvalue weighted by Gasteiger charge is 2.10. The Balaban J connectivity index is 1.95. The molecule has 23 heavy (non-hydrogen) atoms. The van der Waals surface area contributed by atoms with Gasteiger partial charge in [-0.3, -0.25) is 15.4 Å². The van der Waals surface area contributed by atoms with Crippen molar-refractivity contribution >= 4 is 11.7 Å². The van der Waals surface area contributed by atoms with Gasteiger partial charge in [0.1, 0.15) is 0 Å². The van der Waals surface area contributed by atoms with Gasteiger partial charge in [-0.05, 0) is 35.9 Å². The molecule has 0 aliphatic carbocycles. The Morgan fingerprint density at radius 3 is 2.22 bits per heavy atom. The van der Waals surface area contributed by atoms with Crippen LogP contribution in [0.5, 0.6) is 0 Å². The molecule has 0 bridgehead atoms. The number of nitrogens with zero attached hydrogens (tertiary/aromatic N) is 2. The van der Waals surface area contributed by atoms with E-state index in [1.165, 1.54) is 0 Å². The zero-order valence-corrected chi connectivity index (χ0v) is 12.4. The second-order valence-electron chi connectivity index (χ2n) is 5.11. The van der Waals surface area contributed by atoms with Gasteiger partial charge in [-0.25, -0.2) is 4.79 Å². The Morgan fingerprint density at radius 1 is 1.04 bits per heavy atom. The molecule has 2 aromatic carbocycles.